The molecule has 5 rings (SSSR count). The van der Waals surface area contributed by atoms with Gasteiger partial charge in [0, 0.05) is 36.6 Å². The molecular formula is C28H28BrFN2O5. The number of ether oxygens (including phenoxy) is 3. The van der Waals surface area contributed by atoms with Crippen molar-refractivity contribution in [3.8, 4) is 17.2 Å². The minimum absolute atomic E-state index is 0.282. The Morgan fingerprint density at radius 2 is 1.86 bits per heavy atom. The van der Waals surface area contributed by atoms with Crippen LogP contribution in [0.3, 0.4) is 0 Å². The molecule has 1 heterocycles. The van der Waals surface area contributed by atoms with Crippen molar-refractivity contribution >= 4 is 22.0 Å². The molecule has 0 unspecified atom stereocenters. The Balaban J connectivity index is 1.83. The number of nitrogens with one attached hydrogen (secondary N) is 1. The zero-order valence-electron chi connectivity index (χ0n) is 20.9. The number of aliphatic hydroxyl groups is 1. The molecule has 1 aliphatic heterocycles. The largest absolute Gasteiger partial charge is 0.496 e. The fraction of sp³-hybridized carbons (Fsp3) is 0.321. The normalized spacial score (nSPS) is 25.6. The van der Waals surface area contributed by atoms with Crippen molar-refractivity contribution in [2.75, 3.05) is 28.3 Å². The van der Waals surface area contributed by atoms with Gasteiger partial charge >= 0.3 is 6.03 Å². The number of fused-ring (bicyclic) bond motifs is 3. The van der Waals surface area contributed by atoms with Crippen LogP contribution >= 0.6 is 15.9 Å². The number of amides is 2. The Labute approximate surface area is 223 Å². The lowest BCUT2D eigenvalue weighted by atomic mass is 9.71. The standard InChI is InChI=1S/C28H28BrFN2O5/c1-32(2)26(33)31-24-15-21(16-6-5-7-19(30)12-16)28(17-8-10-18(29)11-9-17)27(24,34)25-22(36-4)13-20(35-3)14-23(25)37-28/h5-14,21,24,34H,15H2,1-4H3,(H,31,33)/t21-,24-,27+,28-/m0/s1. The number of hydrogen-bond donors (Lipinski definition) is 2. The SMILES string of the molecule is COc1cc(OC)c2c(c1)O[C@@]1(c3ccc(Br)cc3)[C@H](c3cccc(F)c3)C[C@H](NC(=O)N(C)C)[C@@]21O. The van der Waals surface area contributed by atoms with E-state index in [1.54, 1.807) is 32.3 Å². The van der Waals surface area contributed by atoms with Gasteiger partial charge in [-0.2, -0.15) is 0 Å². The van der Waals surface area contributed by atoms with E-state index in [-0.39, 0.29) is 12.5 Å². The molecule has 0 bridgehead atoms. The first-order valence-electron chi connectivity index (χ1n) is 11.8. The first-order valence-corrected chi connectivity index (χ1v) is 12.6. The molecule has 0 aromatic heterocycles. The summed E-state index contributed by atoms with van der Waals surface area (Å²) in [6, 6.07) is 15.9. The van der Waals surface area contributed by atoms with Gasteiger partial charge < -0.3 is 29.5 Å². The molecule has 1 fully saturated rings. The van der Waals surface area contributed by atoms with Crippen LogP contribution in [0.1, 0.15) is 29.0 Å². The van der Waals surface area contributed by atoms with Gasteiger partial charge in [-0.1, -0.05) is 40.2 Å². The molecule has 4 atom stereocenters. The summed E-state index contributed by atoms with van der Waals surface area (Å²) < 4.78 is 33.4. The van der Waals surface area contributed by atoms with Crippen molar-refractivity contribution in [1.82, 2.24) is 10.2 Å². The first-order chi connectivity index (χ1) is 17.6. The molecule has 1 aliphatic carbocycles. The third-order valence-electron chi connectivity index (χ3n) is 7.41. The summed E-state index contributed by atoms with van der Waals surface area (Å²) in [5.74, 6) is 0.278. The maximum absolute atomic E-state index is 14.5. The minimum Gasteiger partial charge on any atom is -0.496 e. The van der Waals surface area contributed by atoms with Gasteiger partial charge in [-0.15, -0.1) is 0 Å². The predicted molar refractivity (Wildman–Crippen MR) is 140 cm³/mol. The maximum atomic E-state index is 14.5. The molecule has 7 nitrogen and oxygen atoms in total. The van der Waals surface area contributed by atoms with Gasteiger partial charge in [0.25, 0.3) is 0 Å². The zero-order valence-corrected chi connectivity index (χ0v) is 22.5. The van der Waals surface area contributed by atoms with Crippen LogP contribution in [-0.4, -0.2) is 50.4 Å². The van der Waals surface area contributed by atoms with Gasteiger partial charge in [0.2, 0.25) is 0 Å². The average Bonchev–Trinajstić information content (AvgIpc) is 3.29. The highest BCUT2D eigenvalue weighted by Gasteiger charge is 2.74. The predicted octanol–water partition coefficient (Wildman–Crippen LogP) is 4.91. The summed E-state index contributed by atoms with van der Waals surface area (Å²) in [4.78, 5) is 14.3. The van der Waals surface area contributed by atoms with E-state index in [0.29, 0.717) is 33.9 Å². The van der Waals surface area contributed by atoms with E-state index in [1.165, 1.54) is 31.3 Å². The fourth-order valence-electron chi connectivity index (χ4n) is 5.79. The van der Waals surface area contributed by atoms with Crippen LogP contribution in [0.5, 0.6) is 17.2 Å². The van der Waals surface area contributed by atoms with E-state index < -0.39 is 29.0 Å². The third-order valence-corrected chi connectivity index (χ3v) is 7.94. The number of carbonyl (C=O) groups is 1. The van der Waals surface area contributed by atoms with Gasteiger partial charge in [-0.05, 0) is 41.8 Å². The van der Waals surface area contributed by atoms with Gasteiger partial charge in [0.15, 0.2) is 11.2 Å². The van der Waals surface area contributed by atoms with Crippen LogP contribution in [0.25, 0.3) is 0 Å². The van der Waals surface area contributed by atoms with Crippen LogP contribution in [0.15, 0.2) is 65.1 Å². The molecular weight excluding hydrogens is 543 g/mol. The second kappa shape index (κ2) is 9.22. The number of hydrogen-bond acceptors (Lipinski definition) is 5. The molecule has 0 saturated heterocycles. The summed E-state index contributed by atoms with van der Waals surface area (Å²) in [6.45, 7) is 0. The van der Waals surface area contributed by atoms with E-state index in [2.05, 4.69) is 21.2 Å². The number of methoxy groups -OCH3 is 2. The lowest BCUT2D eigenvalue weighted by Gasteiger charge is -2.41. The molecule has 0 radical (unpaired) electrons. The van der Waals surface area contributed by atoms with Crippen LogP contribution in [0.4, 0.5) is 9.18 Å². The van der Waals surface area contributed by atoms with Crippen LogP contribution < -0.4 is 19.5 Å². The van der Waals surface area contributed by atoms with Crippen LogP contribution in [-0.2, 0) is 11.2 Å². The molecule has 0 spiro atoms. The molecule has 3 aromatic rings. The molecule has 1 saturated carbocycles. The van der Waals surface area contributed by atoms with Crippen LogP contribution in [0, 0.1) is 5.82 Å². The molecule has 37 heavy (non-hydrogen) atoms. The smallest absolute Gasteiger partial charge is 0.317 e. The monoisotopic (exact) mass is 570 g/mol. The summed E-state index contributed by atoms with van der Waals surface area (Å²) in [5.41, 5.74) is -1.49. The Hall–Kier alpha value is -3.30. The van der Waals surface area contributed by atoms with E-state index >= 15 is 0 Å². The maximum Gasteiger partial charge on any atom is 0.317 e. The Kier molecular flexibility index (Phi) is 6.32. The van der Waals surface area contributed by atoms with Crippen molar-refractivity contribution in [1.29, 1.82) is 0 Å². The molecule has 194 valence electrons. The van der Waals surface area contributed by atoms with Crippen molar-refractivity contribution in [2.45, 2.75) is 29.6 Å². The first kappa shape index (κ1) is 25.4. The fourth-order valence-corrected chi connectivity index (χ4v) is 6.06. The number of halogens is 2. The Bertz CT molecular complexity index is 1350. The molecule has 2 amide bonds. The number of rotatable bonds is 5. The van der Waals surface area contributed by atoms with Crippen molar-refractivity contribution in [2.24, 2.45) is 0 Å². The van der Waals surface area contributed by atoms with E-state index in [0.717, 1.165) is 4.47 Å². The average molecular weight is 571 g/mol. The Morgan fingerprint density at radius 3 is 2.49 bits per heavy atom. The molecule has 2 N–H and O–H groups in total. The van der Waals surface area contributed by atoms with Crippen molar-refractivity contribution in [3.05, 3.63) is 87.6 Å². The second-order valence-electron chi connectivity index (χ2n) is 9.55. The van der Waals surface area contributed by atoms with Crippen molar-refractivity contribution < 1.29 is 28.5 Å². The van der Waals surface area contributed by atoms with Crippen molar-refractivity contribution in [3.63, 3.8) is 0 Å². The number of urea groups is 1. The lowest BCUT2D eigenvalue weighted by Crippen LogP contribution is -2.57. The summed E-state index contributed by atoms with van der Waals surface area (Å²) in [6.07, 6.45) is 0.282. The van der Waals surface area contributed by atoms with E-state index in [1.807, 2.05) is 30.3 Å². The lowest BCUT2D eigenvalue weighted by molar-refractivity contribution is -0.116. The summed E-state index contributed by atoms with van der Waals surface area (Å²) >= 11 is 3.49. The van der Waals surface area contributed by atoms with Gasteiger partial charge in [0.05, 0.1) is 25.8 Å². The number of carbonyl (C=O) groups excluding carboxylic acids is 1. The third kappa shape index (κ3) is 3.75. The highest BCUT2D eigenvalue weighted by molar-refractivity contribution is 9.10. The molecule has 2 aliphatic rings. The topological polar surface area (TPSA) is 80.3 Å². The second-order valence-corrected chi connectivity index (χ2v) is 10.5. The highest BCUT2D eigenvalue weighted by atomic mass is 79.9. The van der Waals surface area contributed by atoms with E-state index in [4.69, 9.17) is 14.2 Å². The highest BCUT2D eigenvalue weighted by Crippen LogP contribution is 2.68. The molecule has 3 aromatic carbocycles. The zero-order chi connectivity index (χ0) is 26.5. The molecule has 9 heteroatoms. The summed E-state index contributed by atoms with van der Waals surface area (Å²) in [7, 11) is 6.30. The Morgan fingerprint density at radius 1 is 1.14 bits per heavy atom. The minimum atomic E-state index is -1.78. The van der Waals surface area contributed by atoms with Gasteiger partial charge in [-0.3, -0.25) is 0 Å². The van der Waals surface area contributed by atoms with Gasteiger partial charge in [-0.25, -0.2) is 9.18 Å². The van der Waals surface area contributed by atoms with E-state index in [9.17, 15) is 14.3 Å². The van der Waals surface area contributed by atoms with Gasteiger partial charge in [0.1, 0.15) is 23.1 Å². The number of benzene rings is 3. The van der Waals surface area contributed by atoms with Crippen LogP contribution in [0.2, 0.25) is 0 Å². The summed E-state index contributed by atoms with van der Waals surface area (Å²) in [5, 5.41) is 15.9. The quantitative estimate of drug-likeness (QED) is 0.455. The number of nitrogens with zero attached hydrogens (tertiary/aromatic N) is 1.